The van der Waals surface area contributed by atoms with Crippen LogP contribution in [0.3, 0.4) is 0 Å². The van der Waals surface area contributed by atoms with Gasteiger partial charge in [-0.1, -0.05) is 23.7 Å². The van der Waals surface area contributed by atoms with Crippen LogP contribution in [-0.4, -0.2) is 28.0 Å². The molecule has 7 nitrogen and oxygen atoms in total. The van der Waals surface area contributed by atoms with E-state index >= 15 is 0 Å². The second kappa shape index (κ2) is 7.72. The third kappa shape index (κ3) is 3.43. The lowest BCUT2D eigenvalue weighted by molar-refractivity contribution is 0.0934. The molecule has 1 amide bonds. The van der Waals surface area contributed by atoms with Crippen molar-refractivity contribution in [3.63, 3.8) is 0 Å². The van der Waals surface area contributed by atoms with E-state index in [2.05, 4.69) is 27.7 Å². The lowest BCUT2D eigenvalue weighted by Crippen LogP contribution is -2.28. The first-order chi connectivity index (χ1) is 14.6. The first-order valence-electron chi connectivity index (χ1n) is 10.5. The molecule has 0 saturated heterocycles. The predicted octanol–water partition coefficient (Wildman–Crippen LogP) is 3.91. The van der Waals surface area contributed by atoms with Crippen molar-refractivity contribution in [3.05, 3.63) is 58.6 Å². The van der Waals surface area contributed by atoms with Crippen LogP contribution < -0.4 is 5.32 Å². The lowest BCUT2D eigenvalue weighted by Gasteiger charge is -2.24. The molecule has 7 heteroatoms. The van der Waals surface area contributed by atoms with Crippen molar-refractivity contribution in [3.8, 4) is 11.3 Å². The maximum Gasteiger partial charge on any atom is 0.255 e. The molecule has 1 aromatic carbocycles. The largest absolute Gasteiger partial charge is 0.377 e. The van der Waals surface area contributed by atoms with E-state index in [0.717, 1.165) is 48.2 Å². The van der Waals surface area contributed by atoms with Gasteiger partial charge >= 0.3 is 0 Å². The topological polar surface area (TPSA) is 82.2 Å². The number of methoxy groups -OCH3 is 1. The SMILES string of the molecule is COCc1cc(-c2ccc3c(c2)CC[C@H]3NC(=O)c2cn(C)nc2C2CCC2)no1. The van der Waals surface area contributed by atoms with Gasteiger partial charge in [-0.15, -0.1) is 0 Å². The van der Waals surface area contributed by atoms with Crippen molar-refractivity contribution in [1.82, 2.24) is 20.3 Å². The molecule has 2 aromatic heterocycles. The van der Waals surface area contributed by atoms with Gasteiger partial charge in [0.05, 0.1) is 17.3 Å². The number of carbonyl (C=O) groups is 1. The van der Waals surface area contributed by atoms with Gasteiger partial charge in [0.1, 0.15) is 12.3 Å². The van der Waals surface area contributed by atoms with Gasteiger partial charge in [-0.05, 0) is 42.9 Å². The van der Waals surface area contributed by atoms with Crippen LogP contribution in [0.1, 0.15) is 70.6 Å². The number of carbonyl (C=O) groups excluding carboxylic acids is 1. The average molecular weight is 406 g/mol. The Morgan fingerprint density at radius 1 is 1.30 bits per heavy atom. The zero-order chi connectivity index (χ0) is 20.7. The first-order valence-corrected chi connectivity index (χ1v) is 10.5. The summed E-state index contributed by atoms with van der Waals surface area (Å²) in [7, 11) is 3.51. The molecule has 0 unspecified atom stereocenters. The second-order valence-corrected chi connectivity index (χ2v) is 8.32. The summed E-state index contributed by atoms with van der Waals surface area (Å²) in [5.74, 6) is 1.11. The van der Waals surface area contributed by atoms with E-state index < -0.39 is 0 Å². The smallest absolute Gasteiger partial charge is 0.255 e. The number of amides is 1. The van der Waals surface area contributed by atoms with Crippen LogP contribution in [-0.2, 0) is 24.8 Å². The third-order valence-corrected chi connectivity index (χ3v) is 6.26. The monoisotopic (exact) mass is 406 g/mol. The van der Waals surface area contributed by atoms with Gasteiger partial charge in [-0.25, -0.2) is 0 Å². The van der Waals surface area contributed by atoms with E-state index in [4.69, 9.17) is 9.26 Å². The van der Waals surface area contributed by atoms with Gasteiger partial charge in [0, 0.05) is 37.9 Å². The number of ether oxygens (including phenoxy) is 1. The predicted molar refractivity (Wildman–Crippen MR) is 111 cm³/mol. The van der Waals surface area contributed by atoms with Crippen LogP contribution in [0.4, 0.5) is 0 Å². The van der Waals surface area contributed by atoms with E-state index in [1.54, 1.807) is 11.8 Å². The molecule has 0 radical (unpaired) electrons. The Hall–Kier alpha value is -2.93. The highest BCUT2D eigenvalue weighted by Gasteiger charge is 2.30. The molecular weight excluding hydrogens is 380 g/mol. The summed E-state index contributed by atoms with van der Waals surface area (Å²) in [6.45, 7) is 0.406. The molecule has 0 spiro atoms. The summed E-state index contributed by atoms with van der Waals surface area (Å²) in [6, 6.07) is 8.23. The van der Waals surface area contributed by atoms with Crippen molar-refractivity contribution in [2.45, 2.75) is 50.7 Å². The average Bonchev–Trinajstić information content (AvgIpc) is 3.40. The molecule has 2 aliphatic rings. The summed E-state index contributed by atoms with van der Waals surface area (Å²) in [6.07, 6.45) is 7.15. The summed E-state index contributed by atoms with van der Waals surface area (Å²) in [5.41, 5.74) is 5.93. The lowest BCUT2D eigenvalue weighted by atomic mass is 9.81. The fraction of sp³-hybridized carbons (Fsp3) is 0.435. The minimum absolute atomic E-state index is 0.0207. The number of aryl methyl sites for hydroxylation is 2. The fourth-order valence-electron chi connectivity index (χ4n) is 4.49. The van der Waals surface area contributed by atoms with Crippen molar-refractivity contribution >= 4 is 5.91 Å². The first kappa shape index (κ1) is 19.1. The third-order valence-electron chi connectivity index (χ3n) is 6.26. The zero-order valence-electron chi connectivity index (χ0n) is 17.4. The summed E-state index contributed by atoms with van der Waals surface area (Å²) in [4.78, 5) is 13.0. The van der Waals surface area contributed by atoms with Gasteiger partial charge in [0.25, 0.3) is 5.91 Å². The van der Waals surface area contributed by atoms with Crippen LogP contribution in [0.2, 0.25) is 0 Å². The minimum atomic E-state index is -0.0207. The van der Waals surface area contributed by atoms with Crippen molar-refractivity contribution in [1.29, 1.82) is 0 Å². The quantitative estimate of drug-likeness (QED) is 0.671. The van der Waals surface area contributed by atoms with E-state index in [1.165, 1.54) is 17.5 Å². The summed E-state index contributed by atoms with van der Waals surface area (Å²) in [5, 5.41) is 12.0. The van der Waals surface area contributed by atoms with Gasteiger partial charge in [-0.2, -0.15) is 5.10 Å². The molecule has 30 heavy (non-hydrogen) atoms. The fourth-order valence-corrected chi connectivity index (χ4v) is 4.49. The summed E-state index contributed by atoms with van der Waals surface area (Å²) >= 11 is 0. The molecule has 1 N–H and O–H groups in total. The number of benzene rings is 1. The Labute approximate surface area is 175 Å². The number of hydrogen-bond acceptors (Lipinski definition) is 5. The number of nitrogens with zero attached hydrogens (tertiary/aromatic N) is 3. The molecule has 3 aromatic rings. The van der Waals surface area contributed by atoms with Gasteiger partial charge in [0.2, 0.25) is 0 Å². The van der Waals surface area contributed by atoms with E-state index in [9.17, 15) is 4.79 Å². The van der Waals surface area contributed by atoms with Crippen molar-refractivity contribution < 1.29 is 14.1 Å². The molecule has 0 bridgehead atoms. The Bertz CT molecular complexity index is 1080. The minimum Gasteiger partial charge on any atom is -0.377 e. The van der Waals surface area contributed by atoms with Gasteiger partial charge in [-0.3, -0.25) is 9.48 Å². The summed E-state index contributed by atoms with van der Waals surface area (Å²) < 4.78 is 12.2. The molecule has 1 fully saturated rings. The molecule has 1 atom stereocenters. The Morgan fingerprint density at radius 2 is 2.17 bits per heavy atom. The van der Waals surface area contributed by atoms with E-state index in [0.29, 0.717) is 18.3 Å². The van der Waals surface area contributed by atoms with Crippen LogP contribution in [0.15, 0.2) is 35.0 Å². The maximum atomic E-state index is 13.0. The van der Waals surface area contributed by atoms with Crippen molar-refractivity contribution in [2.75, 3.05) is 7.11 Å². The highest BCUT2D eigenvalue weighted by Crippen LogP contribution is 2.38. The Kier molecular flexibility index (Phi) is 4.90. The van der Waals surface area contributed by atoms with E-state index in [-0.39, 0.29) is 11.9 Å². The molecule has 0 aliphatic heterocycles. The normalized spacial score (nSPS) is 18.3. The number of rotatable bonds is 6. The van der Waals surface area contributed by atoms with Crippen LogP contribution in [0, 0.1) is 0 Å². The highest BCUT2D eigenvalue weighted by atomic mass is 16.5. The number of aromatic nitrogens is 3. The van der Waals surface area contributed by atoms with Gasteiger partial charge < -0.3 is 14.6 Å². The number of nitrogens with one attached hydrogen (secondary N) is 1. The second-order valence-electron chi connectivity index (χ2n) is 8.32. The maximum absolute atomic E-state index is 13.0. The molecule has 5 rings (SSSR count). The highest BCUT2D eigenvalue weighted by molar-refractivity contribution is 5.95. The van der Waals surface area contributed by atoms with Crippen LogP contribution >= 0.6 is 0 Å². The Balaban J connectivity index is 1.33. The molecule has 156 valence electrons. The van der Waals surface area contributed by atoms with Gasteiger partial charge in [0.15, 0.2) is 5.76 Å². The van der Waals surface area contributed by atoms with Crippen molar-refractivity contribution in [2.24, 2.45) is 7.05 Å². The molecule has 2 aliphatic carbocycles. The number of fused-ring (bicyclic) bond motifs is 1. The molecular formula is C23H26N4O3. The van der Waals surface area contributed by atoms with Crippen LogP contribution in [0.5, 0.6) is 0 Å². The molecule has 2 heterocycles. The standard InChI is InChI=1S/C23H26N4O3/c1-27-12-19(22(25-27)14-4-3-5-14)23(28)24-20-9-7-15-10-16(6-8-18(15)20)21-11-17(13-29-2)30-26-21/h6,8,10-12,14,20H,3-5,7,9,13H2,1-2H3,(H,24,28)/t20-/m1/s1. The molecule has 1 saturated carbocycles. The number of hydrogen-bond donors (Lipinski definition) is 1. The van der Waals surface area contributed by atoms with E-state index in [1.807, 2.05) is 25.4 Å². The van der Waals surface area contributed by atoms with Crippen LogP contribution in [0.25, 0.3) is 11.3 Å². The zero-order valence-corrected chi connectivity index (χ0v) is 17.4. The Morgan fingerprint density at radius 3 is 2.93 bits per heavy atom.